The van der Waals surface area contributed by atoms with Crippen LogP contribution >= 0.6 is 0 Å². The van der Waals surface area contributed by atoms with Crippen LogP contribution in [-0.4, -0.2) is 36.1 Å². The highest BCUT2D eigenvalue weighted by Gasteiger charge is 2.09. The lowest BCUT2D eigenvalue weighted by molar-refractivity contribution is -0.129. The third-order valence-electron chi connectivity index (χ3n) is 3.33. The molecule has 0 saturated carbocycles. The van der Waals surface area contributed by atoms with Gasteiger partial charge < -0.3 is 15.2 Å². The topological polar surface area (TPSA) is 72.4 Å². The Morgan fingerprint density at radius 2 is 2.10 bits per heavy atom. The fourth-order valence-electron chi connectivity index (χ4n) is 2.11. The van der Waals surface area contributed by atoms with Crippen LogP contribution in [0, 0.1) is 0 Å². The first-order valence-electron chi connectivity index (χ1n) is 7.15. The molecule has 1 aromatic heterocycles. The first kappa shape index (κ1) is 15.3. The van der Waals surface area contributed by atoms with Crippen molar-refractivity contribution < 1.29 is 9.32 Å². The second-order valence-corrected chi connectivity index (χ2v) is 5.00. The van der Waals surface area contributed by atoms with E-state index in [-0.39, 0.29) is 5.91 Å². The van der Waals surface area contributed by atoms with E-state index < -0.39 is 0 Å². The minimum atomic E-state index is 0.0834. The third-order valence-corrected chi connectivity index (χ3v) is 3.33. The van der Waals surface area contributed by atoms with E-state index in [9.17, 15) is 4.79 Å². The molecule has 5 heteroatoms. The van der Waals surface area contributed by atoms with Gasteiger partial charge in [0.2, 0.25) is 5.91 Å². The van der Waals surface area contributed by atoms with Crippen molar-refractivity contribution in [3.8, 4) is 11.3 Å². The molecule has 0 fully saturated rings. The Labute approximate surface area is 124 Å². The maximum atomic E-state index is 11.6. The molecule has 0 unspecified atom stereocenters. The van der Waals surface area contributed by atoms with E-state index in [1.807, 2.05) is 36.4 Å². The van der Waals surface area contributed by atoms with Crippen molar-refractivity contribution in [3.63, 3.8) is 0 Å². The quantitative estimate of drug-likeness (QED) is 0.846. The lowest BCUT2D eigenvalue weighted by Crippen LogP contribution is -2.29. The van der Waals surface area contributed by atoms with Crippen molar-refractivity contribution >= 4 is 5.91 Å². The summed E-state index contributed by atoms with van der Waals surface area (Å²) in [6.07, 6.45) is 2.01. The number of rotatable bonds is 7. The van der Waals surface area contributed by atoms with Crippen LogP contribution in [0.3, 0.4) is 0 Å². The van der Waals surface area contributed by atoms with Crippen molar-refractivity contribution in [2.75, 3.05) is 20.1 Å². The maximum Gasteiger partial charge on any atom is 0.223 e. The molecule has 0 atom stereocenters. The van der Waals surface area contributed by atoms with Gasteiger partial charge in [-0.25, -0.2) is 0 Å². The average molecular weight is 287 g/mol. The first-order valence-corrected chi connectivity index (χ1v) is 7.15. The third kappa shape index (κ3) is 4.43. The van der Waals surface area contributed by atoms with Gasteiger partial charge in [-0.05, 0) is 6.42 Å². The van der Waals surface area contributed by atoms with Gasteiger partial charge in [0, 0.05) is 44.6 Å². The number of aromatic nitrogens is 1. The number of amides is 1. The molecule has 0 bridgehead atoms. The van der Waals surface area contributed by atoms with Crippen LogP contribution in [0.4, 0.5) is 0 Å². The number of aryl methyl sites for hydroxylation is 1. The summed E-state index contributed by atoms with van der Waals surface area (Å²) < 4.78 is 5.34. The number of nitrogens with zero attached hydrogens (tertiary/aromatic N) is 2. The molecule has 1 aromatic carbocycles. The predicted octanol–water partition coefficient (Wildman–Crippen LogP) is 2.08. The summed E-state index contributed by atoms with van der Waals surface area (Å²) in [6, 6.07) is 11.9. The van der Waals surface area contributed by atoms with E-state index in [4.69, 9.17) is 10.3 Å². The van der Waals surface area contributed by atoms with Gasteiger partial charge >= 0.3 is 0 Å². The zero-order valence-corrected chi connectivity index (χ0v) is 12.3. The Balaban J connectivity index is 1.82. The lowest BCUT2D eigenvalue weighted by atomic mass is 10.1. The van der Waals surface area contributed by atoms with Crippen molar-refractivity contribution in [2.24, 2.45) is 5.73 Å². The summed E-state index contributed by atoms with van der Waals surface area (Å²) in [5, 5.41) is 4.08. The van der Waals surface area contributed by atoms with Gasteiger partial charge in [0.15, 0.2) is 0 Å². The highest BCUT2D eigenvalue weighted by Crippen LogP contribution is 2.19. The van der Waals surface area contributed by atoms with Gasteiger partial charge in [-0.1, -0.05) is 35.5 Å². The first-order chi connectivity index (χ1) is 10.2. The molecule has 0 radical (unpaired) electrons. The van der Waals surface area contributed by atoms with Gasteiger partial charge in [0.1, 0.15) is 11.5 Å². The smallest absolute Gasteiger partial charge is 0.223 e. The van der Waals surface area contributed by atoms with Crippen LogP contribution in [0.25, 0.3) is 11.3 Å². The van der Waals surface area contributed by atoms with Crippen LogP contribution in [0.2, 0.25) is 0 Å². The van der Waals surface area contributed by atoms with Crippen LogP contribution in [0.5, 0.6) is 0 Å². The normalized spacial score (nSPS) is 10.6. The molecule has 0 aliphatic carbocycles. The van der Waals surface area contributed by atoms with E-state index in [1.165, 1.54) is 0 Å². The fraction of sp³-hybridized carbons (Fsp3) is 0.375. The fourth-order valence-corrected chi connectivity index (χ4v) is 2.11. The van der Waals surface area contributed by atoms with E-state index >= 15 is 0 Å². The number of carbonyl (C=O) groups is 1. The van der Waals surface area contributed by atoms with Crippen molar-refractivity contribution in [2.45, 2.75) is 19.3 Å². The number of nitrogens with two attached hydrogens (primary N) is 1. The molecule has 2 N–H and O–H groups in total. The van der Waals surface area contributed by atoms with E-state index in [2.05, 4.69) is 5.16 Å². The van der Waals surface area contributed by atoms with Crippen LogP contribution < -0.4 is 5.73 Å². The highest BCUT2D eigenvalue weighted by molar-refractivity contribution is 5.75. The van der Waals surface area contributed by atoms with Crippen molar-refractivity contribution in [3.05, 3.63) is 42.2 Å². The second kappa shape index (κ2) is 7.59. The standard InChI is InChI=1S/C16H21N3O2/c1-19(16(20)9-10-17)11-5-8-14-12-15(18-21-14)13-6-3-2-4-7-13/h2-4,6-7,12H,5,8-11,17H2,1H3. The molecule has 1 amide bonds. The van der Waals surface area contributed by atoms with Gasteiger partial charge in [-0.15, -0.1) is 0 Å². The molecule has 0 saturated heterocycles. The molecule has 2 rings (SSSR count). The molecular weight excluding hydrogens is 266 g/mol. The second-order valence-electron chi connectivity index (χ2n) is 5.00. The SMILES string of the molecule is CN(CCCc1cc(-c2ccccc2)no1)C(=O)CCN. The molecule has 0 aliphatic heterocycles. The summed E-state index contributed by atoms with van der Waals surface area (Å²) in [4.78, 5) is 13.3. The summed E-state index contributed by atoms with van der Waals surface area (Å²) in [7, 11) is 1.80. The highest BCUT2D eigenvalue weighted by atomic mass is 16.5. The Kier molecular flexibility index (Phi) is 5.51. The minimum absolute atomic E-state index is 0.0834. The van der Waals surface area contributed by atoms with Gasteiger partial charge in [0.05, 0.1) is 0 Å². The number of carbonyl (C=O) groups excluding carboxylic acids is 1. The average Bonchev–Trinajstić information content (AvgIpc) is 2.97. The maximum absolute atomic E-state index is 11.6. The minimum Gasteiger partial charge on any atom is -0.361 e. The summed E-state index contributed by atoms with van der Waals surface area (Å²) >= 11 is 0. The van der Waals surface area contributed by atoms with Crippen molar-refractivity contribution in [1.82, 2.24) is 10.1 Å². The van der Waals surface area contributed by atoms with Crippen LogP contribution in [0.1, 0.15) is 18.6 Å². The summed E-state index contributed by atoms with van der Waals surface area (Å²) in [6.45, 7) is 1.09. The van der Waals surface area contributed by atoms with Gasteiger partial charge in [0.25, 0.3) is 0 Å². The van der Waals surface area contributed by atoms with E-state index in [0.29, 0.717) is 19.5 Å². The Morgan fingerprint density at radius 3 is 2.81 bits per heavy atom. The Bertz CT molecular complexity index is 566. The van der Waals surface area contributed by atoms with Crippen molar-refractivity contribution in [1.29, 1.82) is 0 Å². The zero-order chi connectivity index (χ0) is 15.1. The molecule has 1 heterocycles. The monoisotopic (exact) mass is 287 g/mol. The molecule has 5 nitrogen and oxygen atoms in total. The Hall–Kier alpha value is -2.14. The predicted molar refractivity (Wildman–Crippen MR) is 81.6 cm³/mol. The van der Waals surface area contributed by atoms with Gasteiger partial charge in [-0.3, -0.25) is 4.79 Å². The zero-order valence-electron chi connectivity index (χ0n) is 12.3. The Morgan fingerprint density at radius 1 is 1.33 bits per heavy atom. The summed E-state index contributed by atoms with van der Waals surface area (Å²) in [5.41, 5.74) is 7.26. The van der Waals surface area contributed by atoms with Crippen LogP contribution in [0.15, 0.2) is 40.9 Å². The molecule has 2 aromatic rings. The molecule has 0 aliphatic rings. The number of benzene rings is 1. The van der Waals surface area contributed by atoms with Gasteiger partial charge in [-0.2, -0.15) is 0 Å². The molecule has 21 heavy (non-hydrogen) atoms. The number of hydrogen-bond acceptors (Lipinski definition) is 4. The van der Waals surface area contributed by atoms with E-state index in [1.54, 1.807) is 11.9 Å². The number of hydrogen-bond donors (Lipinski definition) is 1. The van der Waals surface area contributed by atoms with Crippen LogP contribution in [-0.2, 0) is 11.2 Å². The lowest BCUT2D eigenvalue weighted by Gasteiger charge is -2.15. The molecule has 112 valence electrons. The largest absolute Gasteiger partial charge is 0.361 e. The molecular formula is C16H21N3O2. The van der Waals surface area contributed by atoms with E-state index in [0.717, 1.165) is 29.9 Å². The summed E-state index contributed by atoms with van der Waals surface area (Å²) in [5.74, 6) is 0.925. The molecule has 0 spiro atoms.